The summed E-state index contributed by atoms with van der Waals surface area (Å²) in [5.41, 5.74) is 1.29. The Hall–Kier alpha value is -2.38. The van der Waals surface area contributed by atoms with E-state index >= 15 is 0 Å². The second-order valence-electron chi connectivity index (χ2n) is 8.55. The zero-order valence-electron chi connectivity index (χ0n) is 18.4. The van der Waals surface area contributed by atoms with Gasteiger partial charge in [0.05, 0.1) is 31.1 Å². The first-order valence-corrected chi connectivity index (χ1v) is 11.3. The predicted octanol–water partition coefficient (Wildman–Crippen LogP) is 4.25. The van der Waals surface area contributed by atoms with Crippen molar-refractivity contribution < 1.29 is 22.7 Å². The Kier molecular flexibility index (Phi) is 7.66. The van der Waals surface area contributed by atoms with Crippen LogP contribution in [0.15, 0.2) is 53.4 Å². The van der Waals surface area contributed by atoms with Crippen LogP contribution in [0, 0.1) is 18.3 Å². The molecule has 0 fully saturated rings. The van der Waals surface area contributed by atoms with Gasteiger partial charge in [0.15, 0.2) is 0 Å². The van der Waals surface area contributed by atoms with E-state index in [-0.39, 0.29) is 10.3 Å². The molecular formula is C23H31NO5S. The second-order valence-corrected chi connectivity index (χ2v) is 10.3. The lowest BCUT2D eigenvalue weighted by molar-refractivity contribution is -0.147. The molecule has 0 spiro atoms. The molecule has 6 nitrogen and oxygen atoms in total. The van der Waals surface area contributed by atoms with Crippen molar-refractivity contribution in [1.29, 1.82) is 0 Å². The van der Waals surface area contributed by atoms with Crippen LogP contribution in [-0.2, 0) is 19.6 Å². The largest absolute Gasteiger partial charge is 0.496 e. The maximum absolute atomic E-state index is 13.2. The van der Waals surface area contributed by atoms with Crippen molar-refractivity contribution in [2.75, 3.05) is 14.2 Å². The molecule has 0 radical (unpaired) electrons. The molecule has 0 amide bonds. The number of nitrogens with one attached hydrogen (secondary N) is 1. The molecule has 0 bridgehead atoms. The Bertz CT molecular complexity index is 962. The monoisotopic (exact) mass is 433 g/mol. The third-order valence-electron chi connectivity index (χ3n) is 4.83. The number of sulfonamides is 1. The number of benzene rings is 2. The highest BCUT2D eigenvalue weighted by molar-refractivity contribution is 7.89. The van der Waals surface area contributed by atoms with Crippen LogP contribution in [-0.4, -0.2) is 28.6 Å². The van der Waals surface area contributed by atoms with Crippen LogP contribution in [0.1, 0.15) is 44.4 Å². The van der Waals surface area contributed by atoms with Crippen LogP contribution in [0.25, 0.3) is 0 Å². The van der Waals surface area contributed by atoms with Gasteiger partial charge in [-0.2, -0.15) is 0 Å². The highest BCUT2D eigenvalue weighted by Gasteiger charge is 2.38. The van der Waals surface area contributed by atoms with Crippen molar-refractivity contribution >= 4 is 16.0 Å². The van der Waals surface area contributed by atoms with E-state index < -0.39 is 28.0 Å². The molecule has 2 aromatic carbocycles. The Morgan fingerprint density at radius 1 is 1.03 bits per heavy atom. The fourth-order valence-corrected chi connectivity index (χ4v) is 4.64. The number of methoxy groups -OCH3 is 2. The number of hydrogen-bond acceptors (Lipinski definition) is 5. The van der Waals surface area contributed by atoms with E-state index in [0.717, 1.165) is 5.56 Å². The summed E-state index contributed by atoms with van der Waals surface area (Å²) in [4.78, 5) is 12.9. The predicted molar refractivity (Wildman–Crippen MR) is 117 cm³/mol. The molecule has 0 unspecified atom stereocenters. The number of carbonyl (C=O) groups is 1. The summed E-state index contributed by atoms with van der Waals surface area (Å²) in [6.45, 7) is 7.88. The van der Waals surface area contributed by atoms with Crippen LogP contribution >= 0.6 is 0 Å². The lowest BCUT2D eigenvalue weighted by Crippen LogP contribution is -2.39. The Labute approximate surface area is 179 Å². The molecule has 0 aliphatic heterocycles. The third kappa shape index (κ3) is 6.06. The fourth-order valence-electron chi connectivity index (χ4n) is 3.39. The third-order valence-corrected chi connectivity index (χ3v) is 6.28. The Morgan fingerprint density at radius 3 is 2.17 bits per heavy atom. The van der Waals surface area contributed by atoms with Crippen molar-refractivity contribution in [3.8, 4) is 5.75 Å². The summed E-state index contributed by atoms with van der Waals surface area (Å²) in [6, 6.07) is 12.8. The topological polar surface area (TPSA) is 81.7 Å². The number of aryl methyl sites for hydroxylation is 1. The van der Waals surface area contributed by atoms with E-state index in [0.29, 0.717) is 17.7 Å². The normalized spacial score (nSPS) is 14.1. The van der Waals surface area contributed by atoms with E-state index in [2.05, 4.69) is 4.72 Å². The highest BCUT2D eigenvalue weighted by Crippen LogP contribution is 2.38. The van der Waals surface area contributed by atoms with E-state index in [4.69, 9.17) is 9.47 Å². The van der Waals surface area contributed by atoms with Crippen molar-refractivity contribution in [2.45, 2.75) is 45.1 Å². The standard InChI is InChI=1S/C23H31NO5S/c1-16-11-13-17(14-12-16)30(26,27)24-21(18-9-7-8-10-20(18)28-5)19(22(25)29-6)15-23(2,3)4/h7-14,19,21,24H,15H2,1-6H3/t19-,21-/m1/s1. The van der Waals surface area contributed by atoms with Crippen LogP contribution in [0.3, 0.4) is 0 Å². The van der Waals surface area contributed by atoms with Gasteiger partial charge in [0.1, 0.15) is 5.75 Å². The summed E-state index contributed by atoms with van der Waals surface area (Å²) in [5.74, 6) is -0.726. The SMILES string of the molecule is COC(=O)[C@H](CC(C)(C)C)[C@H](NS(=O)(=O)c1ccc(C)cc1)c1ccccc1OC. The maximum atomic E-state index is 13.2. The summed E-state index contributed by atoms with van der Waals surface area (Å²) >= 11 is 0. The molecule has 0 saturated heterocycles. The van der Waals surface area contributed by atoms with E-state index in [1.54, 1.807) is 48.5 Å². The molecular weight excluding hydrogens is 402 g/mol. The van der Waals surface area contributed by atoms with Crippen LogP contribution < -0.4 is 9.46 Å². The zero-order chi connectivity index (χ0) is 22.5. The molecule has 7 heteroatoms. The van der Waals surface area contributed by atoms with Crippen molar-refractivity contribution in [1.82, 2.24) is 4.72 Å². The lowest BCUT2D eigenvalue weighted by Gasteiger charge is -2.32. The summed E-state index contributed by atoms with van der Waals surface area (Å²) in [7, 11) is -1.08. The van der Waals surface area contributed by atoms with Gasteiger partial charge >= 0.3 is 5.97 Å². The first kappa shape index (κ1) is 23.9. The first-order valence-electron chi connectivity index (χ1n) is 9.78. The summed E-state index contributed by atoms with van der Waals surface area (Å²) < 4.78 is 39.7. The van der Waals surface area contributed by atoms with E-state index in [1.807, 2.05) is 27.7 Å². The fraction of sp³-hybridized carbons (Fsp3) is 0.435. The van der Waals surface area contributed by atoms with Gasteiger partial charge < -0.3 is 9.47 Å². The van der Waals surface area contributed by atoms with Crippen LogP contribution in [0.2, 0.25) is 0 Å². The molecule has 0 heterocycles. The van der Waals surface area contributed by atoms with Crippen molar-refractivity contribution in [2.24, 2.45) is 11.3 Å². The van der Waals surface area contributed by atoms with Crippen LogP contribution in [0.5, 0.6) is 5.75 Å². The second kappa shape index (κ2) is 9.62. The van der Waals surface area contributed by atoms with E-state index in [9.17, 15) is 13.2 Å². The van der Waals surface area contributed by atoms with Crippen molar-refractivity contribution in [3.05, 3.63) is 59.7 Å². The molecule has 2 atom stereocenters. The van der Waals surface area contributed by atoms with E-state index in [1.165, 1.54) is 14.2 Å². The van der Waals surface area contributed by atoms with Gasteiger partial charge in [-0.25, -0.2) is 13.1 Å². The maximum Gasteiger partial charge on any atom is 0.310 e. The molecule has 0 aliphatic rings. The molecule has 164 valence electrons. The first-order chi connectivity index (χ1) is 14.0. The molecule has 0 aliphatic carbocycles. The minimum atomic E-state index is -3.91. The molecule has 0 saturated carbocycles. The van der Waals surface area contributed by atoms with Gasteiger partial charge in [-0.05, 0) is 37.0 Å². The highest BCUT2D eigenvalue weighted by atomic mass is 32.2. The average molecular weight is 434 g/mol. The molecule has 1 N–H and O–H groups in total. The number of esters is 1. The van der Waals surface area contributed by atoms with Gasteiger partial charge in [0.25, 0.3) is 0 Å². The smallest absolute Gasteiger partial charge is 0.310 e. The van der Waals surface area contributed by atoms with Crippen molar-refractivity contribution in [3.63, 3.8) is 0 Å². The number of hydrogen-bond donors (Lipinski definition) is 1. The number of para-hydroxylation sites is 1. The van der Waals surface area contributed by atoms with Crippen LogP contribution in [0.4, 0.5) is 0 Å². The quantitative estimate of drug-likeness (QED) is 0.630. The minimum Gasteiger partial charge on any atom is -0.496 e. The van der Waals surface area contributed by atoms with Gasteiger partial charge in [0, 0.05) is 5.56 Å². The number of carbonyl (C=O) groups excluding carboxylic acids is 1. The molecule has 0 aromatic heterocycles. The zero-order valence-corrected chi connectivity index (χ0v) is 19.2. The van der Waals surface area contributed by atoms with Gasteiger partial charge in [0.2, 0.25) is 10.0 Å². The van der Waals surface area contributed by atoms with Gasteiger partial charge in [-0.15, -0.1) is 0 Å². The average Bonchev–Trinajstić information content (AvgIpc) is 2.69. The minimum absolute atomic E-state index is 0.132. The Balaban J connectivity index is 2.60. The molecule has 2 rings (SSSR count). The summed E-state index contributed by atoms with van der Waals surface area (Å²) in [6.07, 6.45) is 0.415. The number of rotatable bonds is 8. The number of ether oxygens (including phenoxy) is 2. The Morgan fingerprint density at radius 2 is 1.63 bits per heavy atom. The molecule has 2 aromatic rings. The summed E-state index contributed by atoms with van der Waals surface area (Å²) in [5, 5.41) is 0. The lowest BCUT2D eigenvalue weighted by atomic mass is 9.79. The molecule has 30 heavy (non-hydrogen) atoms. The van der Waals surface area contributed by atoms with Gasteiger partial charge in [-0.1, -0.05) is 56.7 Å². The van der Waals surface area contributed by atoms with Gasteiger partial charge in [-0.3, -0.25) is 4.79 Å².